The van der Waals surface area contributed by atoms with E-state index in [1.54, 1.807) is 37.3 Å². The van der Waals surface area contributed by atoms with Gasteiger partial charge in [0.05, 0.1) is 22.7 Å². The molecule has 3 heterocycles. The van der Waals surface area contributed by atoms with Crippen LogP contribution in [0.3, 0.4) is 0 Å². The molecule has 2 amide bonds. The number of esters is 1. The number of anilines is 1. The summed E-state index contributed by atoms with van der Waals surface area (Å²) in [4.78, 5) is 57.2. The van der Waals surface area contributed by atoms with Gasteiger partial charge in [0.15, 0.2) is 17.2 Å². The Hall–Kier alpha value is -4.48. The molecule has 2 N–H and O–H groups in total. The molecule has 1 aliphatic rings. The van der Waals surface area contributed by atoms with Crippen molar-refractivity contribution < 1.29 is 28.3 Å². The van der Waals surface area contributed by atoms with Crippen LogP contribution in [-0.2, 0) is 9.53 Å². The van der Waals surface area contributed by atoms with Gasteiger partial charge >= 0.3 is 5.97 Å². The van der Waals surface area contributed by atoms with Gasteiger partial charge in [0.2, 0.25) is 5.76 Å². The van der Waals surface area contributed by atoms with Crippen LogP contribution in [0.1, 0.15) is 43.1 Å². The van der Waals surface area contributed by atoms with Crippen molar-refractivity contribution in [2.24, 2.45) is 5.73 Å². The highest BCUT2D eigenvalue weighted by Gasteiger charge is 2.45. The molecular weight excluding hydrogens is 546 g/mol. The predicted octanol–water partition coefficient (Wildman–Crippen LogP) is 4.17. The van der Waals surface area contributed by atoms with Crippen LogP contribution in [0, 0.1) is 6.92 Å². The van der Waals surface area contributed by atoms with Crippen LogP contribution in [0.5, 0.6) is 5.75 Å². The summed E-state index contributed by atoms with van der Waals surface area (Å²) in [7, 11) is 0. The first kappa shape index (κ1) is 26.1. The number of aromatic nitrogens is 1. The van der Waals surface area contributed by atoms with E-state index in [0.29, 0.717) is 22.0 Å². The number of primary amides is 1. The van der Waals surface area contributed by atoms with Crippen LogP contribution in [0.15, 0.2) is 64.3 Å². The first-order valence-corrected chi connectivity index (χ1v) is 12.8. The van der Waals surface area contributed by atoms with Crippen LogP contribution >= 0.6 is 22.9 Å². The fraction of sp³-hybridized carbons (Fsp3) is 0.148. The van der Waals surface area contributed by atoms with Gasteiger partial charge in [-0.15, -0.1) is 0 Å². The molecule has 0 fully saturated rings. The van der Waals surface area contributed by atoms with Crippen molar-refractivity contribution in [3.05, 3.63) is 97.8 Å². The normalized spacial score (nSPS) is 14.4. The Labute approximate surface area is 230 Å². The van der Waals surface area contributed by atoms with Crippen LogP contribution in [-0.4, -0.2) is 36.0 Å². The van der Waals surface area contributed by atoms with Gasteiger partial charge < -0.3 is 19.6 Å². The summed E-state index contributed by atoms with van der Waals surface area (Å²) in [6.45, 7) is 4.86. The molecule has 198 valence electrons. The van der Waals surface area contributed by atoms with Crippen LogP contribution in [0.2, 0.25) is 5.02 Å². The minimum absolute atomic E-state index is 0.0139. The summed E-state index contributed by atoms with van der Waals surface area (Å²) in [6.07, 6.45) is 1.44. The Morgan fingerprint density at radius 3 is 2.67 bits per heavy atom. The lowest BCUT2D eigenvalue weighted by Crippen LogP contribution is -2.29. The fourth-order valence-corrected chi connectivity index (χ4v) is 5.39. The average molecular weight is 566 g/mol. The molecule has 0 bridgehead atoms. The quantitative estimate of drug-likeness (QED) is 0.248. The average Bonchev–Trinajstić information content (AvgIpc) is 3.44. The number of ether oxygens (including phenoxy) is 2. The maximum Gasteiger partial charge on any atom is 0.350 e. The van der Waals surface area contributed by atoms with Gasteiger partial charge in [-0.2, -0.15) is 0 Å². The first-order valence-electron chi connectivity index (χ1n) is 11.6. The number of thiazole rings is 1. The van der Waals surface area contributed by atoms with E-state index in [2.05, 4.69) is 11.6 Å². The third-order valence-corrected chi connectivity index (χ3v) is 7.29. The van der Waals surface area contributed by atoms with Crippen molar-refractivity contribution in [3.63, 3.8) is 0 Å². The molecule has 10 nitrogen and oxygen atoms in total. The molecule has 1 unspecified atom stereocenters. The van der Waals surface area contributed by atoms with Crippen molar-refractivity contribution >= 4 is 56.8 Å². The Morgan fingerprint density at radius 1 is 1.23 bits per heavy atom. The molecule has 12 heteroatoms. The number of rotatable bonds is 8. The second-order valence-corrected chi connectivity index (χ2v) is 9.93. The lowest BCUT2D eigenvalue weighted by atomic mass is 9.98. The zero-order chi connectivity index (χ0) is 27.8. The number of aryl methyl sites for hydroxylation is 1. The van der Waals surface area contributed by atoms with E-state index in [4.69, 9.17) is 31.2 Å². The summed E-state index contributed by atoms with van der Waals surface area (Å²) in [5.74, 6) is -1.62. The molecule has 0 spiro atoms. The smallest absolute Gasteiger partial charge is 0.350 e. The Bertz CT molecular complexity index is 1710. The van der Waals surface area contributed by atoms with Crippen LogP contribution < -0.4 is 20.8 Å². The number of carbonyl (C=O) groups is 3. The molecule has 0 aliphatic carbocycles. The molecule has 4 aromatic rings. The maximum absolute atomic E-state index is 13.8. The highest BCUT2D eigenvalue weighted by Crippen LogP contribution is 2.43. The van der Waals surface area contributed by atoms with Crippen molar-refractivity contribution in [1.82, 2.24) is 4.98 Å². The van der Waals surface area contributed by atoms with Gasteiger partial charge in [-0.1, -0.05) is 47.7 Å². The second-order valence-electron chi connectivity index (χ2n) is 8.51. The van der Waals surface area contributed by atoms with Crippen molar-refractivity contribution in [1.29, 1.82) is 0 Å². The monoisotopic (exact) mass is 565 g/mol. The van der Waals surface area contributed by atoms with E-state index in [-0.39, 0.29) is 45.5 Å². The Balaban J connectivity index is 1.66. The largest absolute Gasteiger partial charge is 0.484 e. The standard InChI is InChI=1S/C27H20ClN3O7S/c1-3-10-36-26(35)24-13(2)30-27(39-24)31-21(14-4-7-16(8-5-14)37-12-19(29)32)20-22(33)17-11-15(28)6-9-18(17)38-23(20)25(31)34/h3-9,11,21H,1,10,12H2,2H3,(H2,29,32). The number of hydrogen-bond donors (Lipinski definition) is 1. The van der Waals surface area contributed by atoms with Crippen LogP contribution in [0.25, 0.3) is 11.0 Å². The molecule has 0 radical (unpaired) electrons. The molecule has 1 aliphatic heterocycles. The van der Waals surface area contributed by atoms with E-state index in [9.17, 15) is 19.2 Å². The summed E-state index contributed by atoms with van der Waals surface area (Å²) >= 11 is 7.10. The molecule has 2 aromatic heterocycles. The van der Waals surface area contributed by atoms with Crippen molar-refractivity contribution in [3.8, 4) is 5.75 Å². The third kappa shape index (κ3) is 4.77. The van der Waals surface area contributed by atoms with Gasteiger partial charge in [0.1, 0.15) is 22.8 Å². The van der Waals surface area contributed by atoms with Gasteiger partial charge in [0, 0.05) is 5.02 Å². The zero-order valence-corrected chi connectivity index (χ0v) is 22.0. The van der Waals surface area contributed by atoms with Gasteiger partial charge in [0.25, 0.3) is 11.8 Å². The second kappa shape index (κ2) is 10.4. The zero-order valence-electron chi connectivity index (χ0n) is 20.4. The number of amides is 2. The summed E-state index contributed by atoms with van der Waals surface area (Å²) in [5, 5.41) is 0.725. The van der Waals surface area contributed by atoms with Gasteiger partial charge in [-0.05, 0) is 42.8 Å². The van der Waals surface area contributed by atoms with E-state index in [1.165, 1.54) is 23.1 Å². The molecular formula is C27H20ClN3O7S. The van der Waals surface area contributed by atoms with Crippen molar-refractivity contribution in [2.45, 2.75) is 13.0 Å². The third-order valence-electron chi connectivity index (χ3n) is 5.92. The lowest BCUT2D eigenvalue weighted by Gasteiger charge is -2.22. The Morgan fingerprint density at radius 2 is 1.97 bits per heavy atom. The minimum atomic E-state index is -0.945. The van der Waals surface area contributed by atoms with E-state index in [1.807, 2.05) is 0 Å². The SMILES string of the molecule is C=CCOC(=O)c1sc(N2C(=O)c3oc4ccc(Cl)cc4c(=O)c3C2c2ccc(OCC(N)=O)cc2)nc1C. The number of carbonyl (C=O) groups excluding carboxylic acids is 3. The summed E-state index contributed by atoms with van der Waals surface area (Å²) in [5.41, 5.74) is 5.92. The number of benzene rings is 2. The molecule has 5 rings (SSSR count). The highest BCUT2D eigenvalue weighted by molar-refractivity contribution is 7.17. The van der Waals surface area contributed by atoms with Crippen LogP contribution in [0.4, 0.5) is 5.13 Å². The topological polar surface area (TPSA) is 142 Å². The molecule has 0 saturated carbocycles. The van der Waals surface area contributed by atoms with E-state index in [0.717, 1.165) is 11.3 Å². The Kier molecular flexibility index (Phi) is 6.94. The number of halogens is 1. The fourth-order valence-electron chi connectivity index (χ4n) is 4.23. The predicted molar refractivity (Wildman–Crippen MR) is 145 cm³/mol. The van der Waals surface area contributed by atoms with Gasteiger partial charge in [-0.3, -0.25) is 19.3 Å². The number of nitrogens with two attached hydrogens (primary N) is 1. The summed E-state index contributed by atoms with van der Waals surface area (Å²) < 4.78 is 16.4. The number of nitrogens with zero attached hydrogens (tertiary/aromatic N) is 2. The molecule has 39 heavy (non-hydrogen) atoms. The number of fused-ring (bicyclic) bond motifs is 2. The molecule has 0 saturated heterocycles. The molecule has 1 atom stereocenters. The van der Waals surface area contributed by atoms with Gasteiger partial charge in [-0.25, -0.2) is 9.78 Å². The highest BCUT2D eigenvalue weighted by atomic mass is 35.5. The first-order chi connectivity index (χ1) is 18.7. The lowest BCUT2D eigenvalue weighted by molar-refractivity contribution is -0.119. The van der Waals surface area contributed by atoms with Crippen molar-refractivity contribution in [2.75, 3.05) is 18.1 Å². The van der Waals surface area contributed by atoms with E-state index < -0.39 is 29.3 Å². The summed E-state index contributed by atoms with van der Waals surface area (Å²) in [6, 6.07) is 10.1. The minimum Gasteiger partial charge on any atom is -0.484 e. The van der Waals surface area contributed by atoms with E-state index >= 15 is 0 Å². The maximum atomic E-state index is 13.8. The molecule has 2 aromatic carbocycles. The number of hydrogen-bond acceptors (Lipinski definition) is 9.